The highest BCUT2D eigenvalue weighted by Gasteiger charge is 2.33. The molecule has 0 bridgehead atoms. The molecule has 2 rings (SSSR count). The van der Waals surface area contributed by atoms with E-state index < -0.39 is 0 Å². The molecule has 0 radical (unpaired) electrons. The number of Topliss-reactive ketones (excluding diaryl/α,β-unsaturated/α-hetero) is 1. The van der Waals surface area contributed by atoms with Gasteiger partial charge in [0.05, 0.1) is 0 Å². The third kappa shape index (κ3) is 2.64. The van der Waals surface area contributed by atoms with E-state index in [4.69, 9.17) is 4.74 Å². The predicted octanol–water partition coefficient (Wildman–Crippen LogP) is 2.36. The Labute approximate surface area is 115 Å². The summed E-state index contributed by atoms with van der Waals surface area (Å²) in [5.41, 5.74) is 0.493. The minimum Gasteiger partial charge on any atom is -0.373 e. The van der Waals surface area contributed by atoms with E-state index in [0.717, 1.165) is 12.8 Å². The molecular weight excluding hydrogens is 298 g/mol. The first-order valence-corrected chi connectivity index (χ1v) is 7.06. The lowest BCUT2D eigenvalue weighted by Crippen LogP contribution is -2.34. The van der Waals surface area contributed by atoms with Crippen LogP contribution in [-0.4, -0.2) is 34.0 Å². The van der Waals surface area contributed by atoms with Crippen LogP contribution in [-0.2, 0) is 11.8 Å². The molecule has 1 unspecified atom stereocenters. The minimum atomic E-state index is -0.376. The topological polar surface area (TPSA) is 57.0 Å². The fourth-order valence-corrected chi connectivity index (χ4v) is 3.20. The van der Waals surface area contributed by atoms with Crippen molar-refractivity contribution in [1.82, 2.24) is 15.0 Å². The van der Waals surface area contributed by atoms with Crippen LogP contribution in [0.2, 0.25) is 0 Å². The molecule has 0 aliphatic heterocycles. The molecule has 1 aromatic rings. The van der Waals surface area contributed by atoms with Crippen LogP contribution in [0.5, 0.6) is 0 Å². The first-order chi connectivity index (χ1) is 8.65. The number of carbonyl (C=O) groups excluding carboxylic acids is 1. The van der Waals surface area contributed by atoms with Gasteiger partial charge in [0.15, 0.2) is 4.60 Å². The third-order valence-electron chi connectivity index (χ3n) is 3.61. The van der Waals surface area contributed by atoms with E-state index in [-0.39, 0.29) is 11.9 Å². The van der Waals surface area contributed by atoms with E-state index in [1.165, 1.54) is 23.9 Å². The monoisotopic (exact) mass is 315 g/mol. The first-order valence-electron chi connectivity index (χ1n) is 6.27. The van der Waals surface area contributed by atoms with Crippen LogP contribution in [0.25, 0.3) is 0 Å². The maximum Gasteiger partial charge on any atom is 0.212 e. The maximum absolute atomic E-state index is 12.5. The Morgan fingerprint density at radius 2 is 2.11 bits per heavy atom. The van der Waals surface area contributed by atoms with Crippen LogP contribution >= 0.6 is 15.9 Å². The lowest BCUT2D eigenvalue weighted by molar-refractivity contribution is 0.0305. The standard InChI is InChI=1S/C12H18BrN3O2/c1-16-9(12(13)14-15-16)10(17)11(18-2)8-6-4-3-5-7-8/h8,11H,3-7H2,1-2H3. The third-order valence-corrected chi connectivity index (χ3v) is 4.14. The smallest absolute Gasteiger partial charge is 0.212 e. The van der Waals surface area contributed by atoms with Crippen molar-refractivity contribution < 1.29 is 9.53 Å². The van der Waals surface area contributed by atoms with Gasteiger partial charge < -0.3 is 4.74 Å². The summed E-state index contributed by atoms with van der Waals surface area (Å²) in [6.07, 6.45) is 5.38. The number of nitrogens with zero attached hydrogens (tertiary/aromatic N) is 3. The van der Waals surface area contributed by atoms with Gasteiger partial charge in [-0.25, -0.2) is 4.68 Å². The van der Waals surface area contributed by atoms with Crippen molar-refractivity contribution >= 4 is 21.7 Å². The van der Waals surface area contributed by atoms with E-state index >= 15 is 0 Å². The molecule has 1 saturated carbocycles. The first kappa shape index (κ1) is 13.7. The number of hydrogen-bond donors (Lipinski definition) is 0. The number of halogens is 1. The lowest BCUT2D eigenvalue weighted by Gasteiger charge is -2.28. The van der Waals surface area contributed by atoms with Gasteiger partial charge in [0.1, 0.15) is 11.8 Å². The van der Waals surface area contributed by atoms with Crippen molar-refractivity contribution in [3.63, 3.8) is 0 Å². The molecule has 18 heavy (non-hydrogen) atoms. The van der Waals surface area contributed by atoms with Crippen molar-refractivity contribution in [1.29, 1.82) is 0 Å². The SMILES string of the molecule is COC(C(=O)c1c(Br)nnn1C)C1CCCCC1. The second-order valence-electron chi connectivity index (χ2n) is 4.77. The maximum atomic E-state index is 12.5. The van der Waals surface area contributed by atoms with Gasteiger partial charge in [-0.15, -0.1) is 5.10 Å². The molecule has 1 fully saturated rings. The Balaban J connectivity index is 2.19. The summed E-state index contributed by atoms with van der Waals surface area (Å²) in [6, 6.07) is 0. The van der Waals surface area contributed by atoms with Gasteiger partial charge in [-0.3, -0.25) is 4.79 Å². The van der Waals surface area contributed by atoms with Crippen molar-refractivity contribution in [2.75, 3.05) is 7.11 Å². The fourth-order valence-electron chi connectivity index (χ4n) is 2.68. The van der Waals surface area contributed by atoms with Crippen molar-refractivity contribution in [3.05, 3.63) is 10.3 Å². The predicted molar refractivity (Wildman–Crippen MR) is 70.4 cm³/mol. The molecule has 1 heterocycles. The number of methoxy groups -OCH3 is 1. The molecule has 100 valence electrons. The van der Waals surface area contributed by atoms with E-state index in [0.29, 0.717) is 16.2 Å². The summed E-state index contributed by atoms with van der Waals surface area (Å²) in [7, 11) is 3.33. The Morgan fingerprint density at radius 1 is 1.44 bits per heavy atom. The van der Waals surface area contributed by atoms with Crippen LogP contribution in [0.1, 0.15) is 42.6 Å². The van der Waals surface area contributed by atoms with Crippen LogP contribution < -0.4 is 0 Å². The molecule has 1 aliphatic rings. The highest BCUT2D eigenvalue weighted by Crippen LogP contribution is 2.30. The van der Waals surface area contributed by atoms with Crippen LogP contribution in [0, 0.1) is 5.92 Å². The molecule has 6 heteroatoms. The second-order valence-corrected chi connectivity index (χ2v) is 5.52. The lowest BCUT2D eigenvalue weighted by atomic mass is 9.83. The summed E-state index contributed by atoms with van der Waals surface area (Å²) >= 11 is 3.27. The summed E-state index contributed by atoms with van der Waals surface area (Å²) in [5, 5.41) is 7.69. The molecule has 1 atom stereocenters. The zero-order chi connectivity index (χ0) is 13.1. The molecule has 0 aromatic carbocycles. The van der Waals surface area contributed by atoms with E-state index in [9.17, 15) is 4.79 Å². The van der Waals surface area contributed by atoms with Gasteiger partial charge in [0.2, 0.25) is 5.78 Å². The quantitative estimate of drug-likeness (QED) is 0.800. The van der Waals surface area contributed by atoms with Crippen LogP contribution in [0.15, 0.2) is 4.60 Å². The summed E-state index contributed by atoms with van der Waals surface area (Å²) < 4.78 is 7.44. The molecular formula is C12H18BrN3O2. The van der Waals surface area contributed by atoms with Gasteiger partial charge in [0.25, 0.3) is 0 Å². The second kappa shape index (κ2) is 5.93. The highest BCUT2D eigenvalue weighted by atomic mass is 79.9. The van der Waals surface area contributed by atoms with E-state index in [2.05, 4.69) is 26.2 Å². The number of ketones is 1. The molecule has 5 nitrogen and oxygen atoms in total. The van der Waals surface area contributed by atoms with Crippen molar-refractivity contribution in [2.45, 2.75) is 38.2 Å². The summed E-state index contributed by atoms with van der Waals surface area (Å²) in [4.78, 5) is 12.5. The Morgan fingerprint density at radius 3 is 2.61 bits per heavy atom. The summed E-state index contributed by atoms with van der Waals surface area (Å²) in [6.45, 7) is 0. The normalized spacial score (nSPS) is 18.8. The number of ether oxygens (including phenoxy) is 1. The van der Waals surface area contributed by atoms with E-state index in [1.54, 1.807) is 14.2 Å². The van der Waals surface area contributed by atoms with Gasteiger partial charge in [-0.1, -0.05) is 24.5 Å². The average Bonchev–Trinajstić information content (AvgIpc) is 2.71. The Kier molecular flexibility index (Phi) is 4.50. The molecule has 0 saturated heterocycles. The molecule has 1 aliphatic carbocycles. The van der Waals surface area contributed by atoms with Crippen LogP contribution in [0.4, 0.5) is 0 Å². The largest absolute Gasteiger partial charge is 0.373 e. The fraction of sp³-hybridized carbons (Fsp3) is 0.750. The summed E-state index contributed by atoms with van der Waals surface area (Å²) in [5.74, 6) is 0.293. The molecule has 0 N–H and O–H groups in total. The van der Waals surface area contributed by atoms with Crippen molar-refractivity contribution in [2.24, 2.45) is 13.0 Å². The molecule has 1 aromatic heterocycles. The van der Waals surface area contributed by atoms with E-state index in [1.807, 2.05) is 0 Å². The minimum absolute atomic E-state index is 0.0243. The highest BCUT2D eigenvalue weighted by molar-refractivity contribution is 9.10. The molecule has 0 amide bonds. The van der Waals surface area contributed by atoms with Gasteiger partial charge in [-0.2, -0.15) is 0 Å². The van der Waals surface area contributed by atoms with Gasteiger partial charge in [-0.05, 0) is 34.7 Å². The Bertz CT molecular complexity index is 407. The van der Waals surface area contributed by atoms with Crippen molar-refractivity contribution in [3.8, 4) is 0 Å². The zero-order valence-corrected chi connectivity index (χ0v) is 12.3. The molecule has 0 spiro atoms. The van der Waals surface area contributed by atoms with Gasteiger partial charge >= 0.3 is 0 Å². The Hall–Kier alpha value is -0.750. The number of carbonyl (C=O) groups is 1. The zero-order valence-electron chi connectivity index (χ0n) is 10.7. The van der Waals surface area contributed by atoms with Crippen LogP contribution in [0.3, 0.4) is 0 Å². The number of aryl methyl sites for hydroxylation is 1. The average molecular weight is 316 g/mol. The van der Waals surface area contributed by atoms with Gasteiger partial charge in [0, 0.05) is 14.2 Å². The number of rotatable bonds is 4. The number of aromatic nitrogens is 3. The number of hydrogen-bond acceptors (Lipinski definition) is 4.